The van der Waals surface area contributed by atoms with Crippen molar-refractivity contribution >= 4 is 35.0 Å². The molecule has 1 N–H and O–H groups in total. The fraction of sp³-hybridized carbons (Fsp3) is 0.250. The Labute approximate surface area is 145 Å². The van der Waals surface area contributed by atoms with Crippen LogP contribution in [0, 0.1) is 3.57 Å². The van der Waals surface area contributed by atoms with Crippen molar-refractivity contribution in [1.82, 2.24) is 5.32 Å². The molecular formula is C16H19ClINO2. The van der Waals surface area contributed by atoms with Crippen LogP contribution in [0.25, 0.3) is 0 Å². The molecule has 0 aliphatic carbocycles. The number of halogens is 2. The fourth-order valence-corrected chi connectivity index (χ4v) is 2.51. The average molecular weight is 420 g/mol. The molecule has 2 aromatic rings. The van der Waals surface area contributed by atoms with E-state index >= 15 is 0 Å². The van der Waals surface area contributed by atoms with Crippen molar-refractivity contribution < 1.29 is 9.47 Å². The Morgan fingerprint density at radius 2 is 1.71 bits per heavy atom. The molecular weight excluding hydrogens is 401 g/mol. The zero-order valence-electron chi connectivity index (χ0n) is 12.1. The van der Waals surface area contributed by atoms with Crippen LogP contribution in [0.15, 0.2) is 42.5 Å². The van der Waals surface area contributed by atoms with Crippen molar-refractivity contribution in [3.63, 3.8) is 0 Å². The second-order valence-electron chi connectivity index (χ2n) is 4.40. The first kappa shape index (κ1) is 18.1. The minimum atomic E-state index is 0. The van der Waals surface area contributed by atoms with Crippen molar-refractivity contribution in [1.29, 1.82) is 0 Å². The highest BCUT2D eigenvalue weighted by Gasteiger charge is 2.04. The van der Waals surface area contributed by atoms with Crippen LogP contribution >= 0.6 is 35.0 Å². The number of likely N-dealkylation sites (N-methyl/N-ethyl adjacent to an activating group) is 1. The van der Waals surface area contributed by atoms with Gasteiger partial charge in [0.25, 0.3) is 0 Å². The zero-order valence-corrected chi connectivity index (χ0v) is 15.0. The molecule has 0 aliphatic heterocycles. The highest BCUT2D eigenvalue weighted by atomic mass is 127. The largest absolute Gasteiger partial charge is 0.497 e. The maximum Gasteiger partial charge on any atom is 0.140 e. The second kappa shape index (κ2) is 9.12. The summed E-state index contributed by atoms with van der Waals surface area (Å²) in [6, 6.07) is 13.9. The number of rotatable bonds is 6. The SMILES string of the molecule is CNCCc1ccc(Oc2ccc(OC)cc2)c(I)c1.Cl. The quantitative estimate of drug-likeness (QED) is 0.709. The third kappa shape index (κ3) is 5.37. The van der Waals surface area contributed by atoms with Gasteiger partial charge in [-0.3, -0.25) is 0 Å². The molecule has 5 heteroatoms. The number of nitrogens with one attached hydrogen (secondary N) is 1. The summed E-state index contributed by atoms with van der Waals surface area (Å²) in [5.74, 6) is 2.52. The first-order chi connectivity index (χ1) is 9.72. The summed E-state index contributed by atoms with van der Waals surface area (Å²) < 4.78 is 12.1. The summed E-state index contributed by atoms with van der Waals surface area (Å²) in [6.45, 7) is 0.981. The third-order valence-electron chi connectivity index (χ3n) is 2.95. The van der Waals surface area contributed by atoms with E-state index in [2.05, 4.69) is 40.0 Å². The van der Waals surface area contributed by atoms with Crippen molar-refractivity contribution in [2.45, 2.75) is 6.42 Å². The van der Waals surface area contributed by atoms with Gasteiger partial charge in [-0.2, -0.15) is 0 Å². The van der Waals surface area contributed by atoms with Crippen LogP contribution in [0.3, 0.4) is 0 Å². The highest BCUT2D eigenvalue weighted by molar-refractivity contribution is 14.1. The van der Waals surface area contributed by atoms with Crippen LogP contribution in [0.2, 0.25) is 0 Å². The highest BCUT2D eigenvalue weighted by Crippen LogP contribution is 2.28. The van der Waals surface area contributed by atoms with Gasteiger partial charge in [-0.25, -0.2) is 0 Å². The number of hydrogen-bond acceptors (Lipinski definition) is 3. The van der Waals surface area contributed by atoms with Gasteiger partial charge in [0.2, 0.25) is 0 Å². The molecule has 0 unspecified atom stereocenters. The molecule has 114 valence electrons. The third-order valence-corrected chi connectivity index (χ3v) is 3.79. The van der Waals surface area contributed by atoms with Crippen molar-refractivity contribution in [2.24, 2.45) is 0 Å². The number of methoxy groups -OCH3 is 1. The van der Waals surface area contributed by atoms with E-state index in [9.17, 15) is 0 Å². The van der Waals surface area contributed by atoms with Gasteiger partial charge in [0.15, 0.2) is 0 Å². The van der Waals surface area contributed by atoms with E-state index in [1.807, 2.05) is 37.4 Å². The Morgan fingerprint density at radius 3 is 2.29 bits per heavy atom. The lowest BCUT2D eigenvalue weighted by molar-refractivity contribution is 0.412. The van der Waals surface area contributed by atoms with Crippen LogP contribution in [0.1, 0.15) is 5.56 Å². The van der Waals surface area contributed by atoms with E-state index in [0.29, 0.717) is 0 Å². The molecule has 0 saturated heterocycles. The Kier molecular flexibility index (Phi) is 7.85. The Bertz CT molecular complexity index is 561. The summed E-state index contributed by atoms with van der Waals surface area (Å²) in [6.07, 6.45) is 1.02. The van der Waals surface area contributed by atoms with E-state index in [4.69, 9.17) is 9.47 Å². The van der Waals surface area contributed by atoms with Crippen LogP contribution in [-0.4, -0.2) is 20.7 Å². The molecule has 0 radical (unpaired) electrons. The maximum atomic E-state index is 5.89. The monoisotopic (exact) mass is 419 g/mol. The first-order valence-electron chi connectivity index (χ1n) is 6.48. The first-order valence-corrected chi connectivity index (χ1v) is 7.55. The topological polar surface area (TPSA) is 30.5 Å². The summed E-state index contributed by atoms with van der Waals surface area (Å²) in [7, 11) is 3.62. The molecule has 0 amide bonds. The molecule has 2 aromatic carbocycles. The summed E-state index contributed by atoms with van der Waals surface area (Å²) in [5, 5.41) is 3.16. The second-order valence-corrected chi connectivity index (χ2v) is 5.56. The summed E-state index contributed by atoms with van der Waals surface area (Å²) in [4.78, 5) is 0. The van der Waals surface area contributed by atoms with Crippen molar-refractivity contribution in [3.8, 4) is 17.2 Å². The van der Waals surface area contributed by atoms with Gasteiger partial charge in [0.1, 0.15) is 17.2 Å². The lowest BCUT2D eigenvalue weighted by Gasteiger charge is -2.10. The van der Waals surface area contributed by atoms with Gasteiger partial charge in [-0.1, -0.05) is 6.07 Å². The van der Waals surface area contributed by atoms with E-state index in [1.54, 1.807) is 7.11 Å². The summed E-state index contributed by atoms with van der Waals surface area (Å²) in [5.41, 5.74) is 1.31. The van der Waals surface area contributed by atoms with Crippen LogP contribution in [0.4, 0.5) is 0 Å². The number of benzene rings is 2. The van der Waals surface area contributed by atoms with Gasteiger partial charge in [0, 0.05) is 0 Å². The molecule has 0 aliphatic rings. The molecule has 0 spiro atoms. The van der Waals surface area contributed by atoms with Crippen LogP contribution < -0.4 is 14.8 Å². The van der Waals surface area contributed by atoms with Crippen LogP contribution in [0.5, 0.6) is 17.2 Å². The predicted octanol–water partition coefficient (Wildman–Crippen LogP) is 4.28. The normalized spacial score (nSPS) is 9.86. The Balaban J connectivity index is 0.00000220. The molecule has 0 fully saturated rings. The van der Waals surface area contributed by atoms with Gasteiger partial charge in [0.05, 0.1) is 10.7 Å². The van der Waals surface area contributed by atoms with E-state index in [0.717, 1.165) is 33.8 Å². The molecule has 0 saturated carbocycles. The molecule has 21 heavy (non-hydrogen) atoms. The van der Waals surface area contributed by atoms with E-state index in [-0.39, 0.29) is 12.4 Å². The van der Waals surface area contributed by atoms with Crippen molar-refractivity contribution in [2.75, 3.05) is 20.7 Å². The minimum Gasteiger partial charge on any atom is -0.497 e. The molecule has 0 atom stereocenters. The van der Waals surface area contributed by atoms with Gasteiger partial charge in [-0.05, 0) is 84.6 Å². The van der Waals surface area contributed by atoms with Gasteiger partial charge in [-0.15, -0.1) is 12.4 Å². The number of hydrogen-bond donors (Lipinski definition) is 1. The molecule has 3 nitrogen and oxygen atoms in total. The lowest BCUT2D eigenvalue weighted by Crippen LogP contribution is -2.10. The standard InChI is InChI=1S/C16H18INO2.ClH/c1-18-10-9-12-3-8-16(15(17)11-12)20-14-6-4-13(19-2)5-7-14;/h3-8,11,18H,9-10H2,1-2H3;1H. The molecule has 0 heterocycles. The fourth-order valence-electron chi connectivity index (χ4n) is 1.82. The zero-order chi connectivity index (χ0) is 14.4. The lowest BCUT2D eigenvalue weighted by atomic mass is 10.1. The predicted molar refractivity (Wildman–Crippen MR) is 97.1 cm³/mol. The Morgan fingerprint density at radius 1 is 1.05 bits per heavy atom. The van der Waals surface area contributed by atoms with Gasteiger partial charge >= 0.3 is 0 Å². The average Bonchev–Trinajstić information content (AvgIpc) is 2.48. The number of ether oxygens (including phenoxy) is 2. The van der Waals surface area contributed by atoms with E-state index in [1.165, 1.54) is 5.56 Å². The molecule has 0 aromatic heterocycles. The van der Waals surface area contributed by atoms with Crippen molar-refractivity contribution in [3.05, 3.63) is 51.6 Å². The summed E-state index contributed by atoms with van der Waals surface area (Å²) >= 11 is 2.31. The van der Waals surface area contributed by atoms with E-state index < -0.39 is 0 Å². The molecule has 0 bridgehead atoms. The smallest absolute Gasteiger partial charge is 0.140 e. The maximum absolute atomic E-state index is 5.89. The minimum absolute atomic E-state index is 0. The Hall–Kier alpha value is -0.980. The van der Waals surface area contributed by atoms with Crippen LogP contribution in [-0.2, 0) is 6.42 Å². The van der Waals surface area contributed by atoms with Gasteiger partial charge < -0.3 is 14.8 Å². The molecule has 2 rings (SSSR count).